The van der Waals surface area contributed by atoms with Gasteiger partial charge in [0.15, 0.2) is 0 Å². The third kappa shape index (κ3) is 2.70. The molecule has 5 heteroatoms. The molecule has 0 bridgehead atoms. The van der Waals surface area contributed by atoms with Crippen LogP contribution in [0, 0.1) is 18.6 Å². The number of nitrogens with one attached hydrogen (secondary N) is 1. The molecule has 0 saturated carbocycles. The molecule has 0 fully saturated rings. The van der Waals surface area contributed by atoms with Gasteiger partial charge < -0.3 is 10.4 Å². The predicted octanol–water partition coefficient (Wildman–Crippen LogP) is 3.23. The lowest BCUT2D eigenvalue weighted by molar-refractivity contribution is 0.102. The zero-order valence-electron chi connectivity index (χ0n) is 10.1. The van der Waals surface area contributed by atoms with Gasteiger partial charge in [-0.1, -0.05) is 6.07 Å². The Morgan fingerprint density at radius 3 is 2.58 bits per heavy atom. The maximum absolute atomic E-state index is 13.5. The topological polar surface area (TPSA) is 49.3 Å². The molecular formula is C14H11F2NO2. The molecular weight excluding hydrogens is 252 g/mol. The summed E-state index contributed by atoms with van der Waals surface area (Å²) >= 11 is 0. The van der Waals surface area contributed by atoms with Crippen molar-refractivity contribution in [2.45, 2.75) is 6.92 Å². The van der Waals surface area contributed by atoms with Gasteiger partial charge in [0.2, 0.25) is 0 Å². The summed E-state index contributed by atoms with van der Waals surface area (Å²) in [5.74, 6) is -2.27. The summed E-state index contributed by atoms with van der Waals surface area (Å²) in [7, 11) is 0. The van der Waals surface area contributed by atoms with Gasteiger partial charge in [-0.2, -0.15) is 0 Å². The maximum atomic E-state index is 13.5. The number of phenols is 1. The molecule has 0 aliphatic heterocycles. The first kappa shape index (κ1) is 13.0. The van der Waals surface area contributed by atoms with Crippen LogP contribution in [0.15, 0.2) is 36.4 Å². The number of carbonyl (C=O) groups excluding carboxylic acids is 1. The minimum atomic E-state index is -0.841. The molecule has 0 spiro atoms. The van der Waals surface area contributed by atoms with E-state index in [9.17, 15) is 13.6 Å². The van der Waals surface area contributed by atoms with Gasteiger partial charge in [0.05, 0.1) is 5.56 Å². The summed E-state index contributed by atoms with van der Waals surface area (Å²) < 4.78 is 26.8. The smallest absolute Gasteiger partial charge is 0.258 e. The number of hydrogen-bond acceptors (Lipinski definition) is 2. The fourth-order valence-corrected chi connectivity index (χ4v) is 1.62. The van der Waals surface area contributed by atoms with Crippen LogP contribution >= 0.6 is 0 Å². The quantitative estimate of drug-likeness (QED) is 0.873. The highest BCUT2D eigenvalue weighted by Gasteiger charge is 2.14. The molecule has 0 atom stereocenters. The number of benzene rings is 2. The van der Waals surface area contributed by atoms with E-state index in [0.29, 0.717) is 0 Å². The van der Waals surface area contributed by atoms with E-state index in [4.69, 9.17) is 5.11 Å². The van der Waals surface area contributed by atoms with Crippen molar-refractivity contribution in [1.29, 1.82) is 0 Å². The number of halogens is 2. The summed E-state index contributed by atoms with van der Waals surface area (Å²) in [6.45, 7) is 1.51. The van der Waals surface area contributed by atoms with Gasteiger partial charge in [-0.3, -0.25) is 4.79 Å². The molecule has 0 aliphatic carbocycles. The first-order valence-corrected chi connectivity index (χ1v) is 5.54. The third-order valence-corrected chi connectivity index (χ3v) is 2.71. The number of phenolic OH excluding ortho intramolecular Hbond substituents is 1. The van der Waals surface area contributed by atoms with Gasteiger partial charge in [-0.15, -0.1) is 0 Å². The lowest BCUT2D eigenvalue weighted by Gasteiger charge is -2.09. The number of hydrogen-bond donors (Lipinski definition) is 2. The molecule has 1 amide bonds. The van der Waals surface area contributed by atoms with Gasteiger partial charge in [-0.25, -0.2) is 8.78 Å². The van der Waals surface area contributed by atoms with Crippen LogP contribution in [0.25, 0.3) is 0 Å². The molecule has 0 heterocycles. The largest absolute Gasteiger partial charge is 0.508 e. The monoisotopic (exact) mass is 263 g/mol. The van der Waals surface area contributed by atoms with Gasteiger partial charge in [0.1, 0.15) is 17.4 Å². The Morgan fingerprint density at radius 2 is 1.89 bits per heavy atom. The molecule has 2 rings (SSSR count). The second kappa shape index (κ2) is 5.06. The van der Waals surface area contributed by atoms with Crippen LogP contribution in [0.4, 0.5) is 14.5 Å². The van der Waals surface area contributed by atoms with Crippen LogP contribution < -0.4 is 5.32 Å². The lowest BCUT2D eigenvalue weighted by Crippen LogP contribution is -2.14. The van der Waals surface area contributed by atoms with E-state index in [-0.39, 0.29) is 22.6 Å². The molecule has 2 aromatic rings. The van der Waals surface area contributed by atoms with Crippen molar-refractivity contribution in [3.8, 4) is 5.75 Å². The van der Waals surface area contributed by atoms with Crippen molar-refractivity contribution in [3.05, 3.63) is 59.2 Å². The van der Waals surface area contributed by atoms with Crippen LogP contribution in [0.3, 0.4) is 0 Å². The Bertz CT molecular complexity index is 641. The average molecular weight is 263 g/mol. The van der Waals surface area contributed by atoms with E-state index in [1.54, 1.807) is 0 Å². The first-order chi connectivity index (χ1) is 8.99. The van der Waals surface area contributed by atoms with Gasteiger partial charge in [0.25, 0.3) is 5.91 Å². The Morgan fingerprint density at radius 1 is 1.16 bits per heavy atom. The number of carbonyl (C=O) groups is 1. The molecule has 2 aromatic carbocycles. The first-order valence-electron chi connectivity index (χ1n) is 5.54. The molecule has 98 valence electrons. The van der Waals surface area contributed by atoms with E-state index in [0.717, 1.165) is 12.1 Å². The molecule has 0 radical (unpaired) electrons. The summed E-state index contributed by atoms with van der Waals surface area (Å²) in [6.07, 6.45) is 0. The highest BCUT2D eigenvalue weighted by Crippen LogP contribution is 2.20. The van der Waals surface area contributed by atoms with Crippen LogP contribution in [-0.2, 0) is 0 Å². The minimum Gasteiger partial charge on any atom is -0.508 e. The average Bonchev–Trinajstić information content (AvgIpc) is 2.34. The summed E-state index contributed by atoms with van der Waals surface area (Å²) in [4.78, 5) is 11.9. The molecule has 0 saturated heterocycles. The summed E-state index contributed by atoms with van der Waals surface area (Å²) in [5.41, 5.74) is 0.328. The second-order valence-electron chi connectivity index (χ2n) is 4.03. The molecule has 0 aromatic heterocycles. The Balaban J connectivity index is 2.28. The summed E-state index contributed by atoms with van der Waals surface area (Å²) in [5, 5.41) is 11.5. The normalized spacial score (nSPS) is 10.3. The van der Waals surface area contributed by atoms with Crippen molar-refractivity contribution in [2.24, 2.45) is 0 Å². The Hall–Kier alpha value is -2.43. The second-order valence-corrected chi connectivity index (χ2v) is 4.03. The SMILES string of the molecule is Cc1c(F)cccc1NC(=O)c1ccc(O)cc1F. The summed E-state index contributed by atoms with van der Waals surface area (Å²) in [6, 6.07) is 7.45. The highest BCUT2D eigenvalue weighted by molar-refractivity contribution is 6.04. The fraction of sp³-hybridized carbons (Fsp3) is 0.0714. The van der Waals surface area contributed by atoms with E-state index < -0.39 is 17.5 Å². The number of aromatic hydroxyl groups is 1. The van der Waals surface area contributed by atoms with Crippen molar-refractivity contribution in [2.75, 3.05) is 5.32 Å². The van der Waals surface area contributed by atoms with Crippen molar-refractivity contribution in [3.63, 3.8) is 0 Å². The Labute approximate surface area is 108 Å². The molecule has 0 aliphatic rings. The van der Waals surface area contributed by atoms with Crippen molar-refractivity contribution < 1.29 is 18.7 Å². The van der Waals surface area contributed by atoms with Crippen molar-refractivity contribution >= 4 is 11.6 Å². The molecule has 0 unspecified atom stereocenters. The van der Waals surface area contributed by atoms with Crippen molar-refractivity contribution in [1.82, 2.24) is 0 Å². The maximum Gasteiger partial charge on any atom is 0.258 e. The number of anilines is 1. The fourth-order valence-electron chi connectivity index (χ4n) is 1.62. The predicted molar refractivity (Wildman–Crippen MR) is 67.2 cm³/mol. The third-order valence-electron chi connectivity index (χ3n) is 2.71. The number of amides is 1. The standard InChI is InChI=1S/C14H11F2NO2/c1-8-11(15)3-2-4-13(8)17-14(19)10-6-5-9(18)7-12(10)16/h2-7,18H,1H3,(H,17,19). The number of rotatable bonds is 2. The van der Waals surface area contributed by atoms with E-state index in [1.807, 2.05) is 0 Å². The van der Waals surface area contributed by atoms with Crippen LogP contribution in [0.2, 0.25) is 0 Å². The van der Waals surface area contributed by atoms with Gasteiger partial charge in [-0.05, 0) is 31.2 Å². The van der Waals surface area contributed by atoms with Gasteiger partial charge in [0, 0.05) is 17.3 Å². The minimum absolute atomic E-state index is 0.221. The Kier molecular flexibility index (Phi) is 3.46. The van der Waals surface area contributed by atoms with Crippen LogP contribution in [-0.4, -0.2) is 11.0 Å². The van der Waals surface area contributed by atoms with E-state index >= 15 is 0 Å². The molecule has 2 N–H and O–H groups in total. The highest BCUT2D eigenvalue weighted by atomic mass is 19.1. The van der Waals surface area contributed by atoms with Gasteiger partial charge >= 0.3 is 0 Å². The van der Waals surface area contributed by atoms with Crippen LogP contribution in [0.1, 0.15) is 15.9 Å². The molecule has 3 nitrogen and oxygen atoms in total. The van der Waals surface area contributed by atoms with E-state index in [2.05, 4.69) is 5.32 Å². The van der Waals surface area contributed by atoms with Crippen LogP contribution in [0.5, 0.6) is 5.75 Å². The van der Waals surface area contributed by atoms with E-state index in [1.165, 1.54) is 31.2 Å². The zero-order valence-corrected chi connectivity index (χ0v) is 10.1. The molecule has 19 heavy (non-hydrogen) atoms. The lowest BCUT2D eigenvalue weighted by atomic mass is 10.1. The zero-order chi connectivity index (χ0) is 14.0.